The fraction of sp³-hybridized carbons (Fsp3) is 0.385. The topological polar surface area (TPSA) is 69.6 Å². The maximum Gasteiger partial charge on any atom is 0.245 e. The maximum atomic E-state index is 12.0. The van der Waals surface area contributed by atoms with Crippen LogP contribution in [0.25, 0.3) is 0 Å². The van der Waals surface area contributed by atoms with Crippen molar-refractivity contribution in [1.29, 1.82) is 0 Å². The molecule has 2 unspecified atom stereocenters. The van der Waals surface area contributed by atoms with Gasteiger partial charge in [-0.2, -0.15) is 0 Å². The molecule has 96 valence electrons. The predicted molar refractivity (Wildman–Crippen MR) is 65.7 cm³/mol. The number of carbonyl (C=O) groups is 2. The summed E-state index contributed by atoms with van der Waals surface area (Å²) in [6.07, 6.45) is 0. The van der Waals surface area contributed by atoms with Crippen molar-refractivity contribution in [2.75, 3.05) is 0 Å². The maximum absolute atomic E-state index is 12.0. The molecule has 1 aromatic carbocycles. The zero-order valence-corrected chi connectivity index (χ0v) is 10.4. The SMILES string of the molecule is CC1NC(=O)C(C)N(Cc2ccc(O)cc2)C1=O. The quantitative estimate of drug-likeness (QED) is 0.806. The van der Waals surface area contributed by atoms with E-state index in [0.29, 0.717) is 6.54 Å². The number of amides is 2. The van der Waals surface area contributed by atoms with Gasteiger partial charge in [-0.25, -0.2) is 0 Å². The molecule has 1 saturated heterocycles. The number of piperazine rings is 1. The molecule has 1 aliphatic rings. The smallest absolute Gasteiger partial charge is 0.245 e. The fourth-order valence-corrected chi connectivity index (χ4v) is 1.99. The molecule has 1 heterocycles. The molecule has 2 N–H and O–H groups in total. The van der Waals surface area contributed by atoms with Crippen LogP contribution in [0.2, 0.25) is 0 Å². The van der Waals surface area contributed by atoms with Crippen LogP contribution in [0.4, 0.5) is 0 Å². The second-order valence-electron chi connectivity index (χ2n) is 4.54. The van der Waals surface area contributed by atoms with E-state index in [0.717, 1.165) is 5.56 Å². The number of nitrogens with one attached hydrogen (secondary N) is 1. The second kappa shape index (κ2) is 4.68. The van der Waals surface area contributed by atoms with Gasteiger partial charge in [0.15, 0.2) is 0 Å². The lowest BCUT2D eigenvalue weighted by molar-refractivity contribution is -0.148. The Bertz CT molecular complexity index is 470. The molecule has 2 atom stereocenters. The van der Waals surface area contributed by atoms with Gasteiger partial charge in [-0.1, -0.05) is 12.1 Å². The van der Waals surface area contributed by atoms with Crippen molar-refractivity contribution in [2.45, 2.75) is 32.5 Å². The molecule has 0 spiro atoms. The van der Waals surface area contributed by atoms with E-state index in [-0.39, 0.29) is 17.6 Å². The average Bonchev–Trinajstić information content (AvgIpc) is 2.34. The number of hydrogen-bond donors (Lipinski definition) is 2. The van der Waals surface area contributed by atoms with Crippen LogP contribution in [0, 0.1) is 0 Å². The first-order chi connectivity index (χ1) is 8.49. The number of aromatic hydroxyl groups is 1. The van der Waals surface area contributed by atoms with Crippen LogP contribution in [-0.2, 0) is 16.1 Å². The van der Waals surface area contributed by atoms with Gasteiger partial charge in [0.25, 0.3) is 0 Å². The van der Waals surface area contributed by atoms with E-state index in [9.17, 15) is 14.7 Å². The molecule has 1 fully saturated rings. The lowest BCUT2D eigenvalue weighted by Crippen LogP contribution is -2.60. The van der Waals surface area contributed by atoms with Gasteiger partial charge in [-0.15, -0.1) is 0 Å². The second-order valence-corrected chi connectivity index (χ2v) is 4.54. The highest BCUT2D eigenvalue weighted by atomic mass is 16.3. The molecular weight excluding hydrogens is 232 g/mol. The van der Waals surface area contributed by atoms with Gasteiger partial charge in [0.2, 0.25) is 11.8 Å². The van der Waals surface area contributed by atoms with Crippen LogP contribution in [0.3, 0.4) is 0 Å². The van der Waals surface area contributed by atoms with E-state index < -0.39 is 12.1 Å². The van der Waals surface area contributed by atoms with Gasteiger partial charge in [-0.05, 0) is 31.5 Å². The van der Waals surface area contributed by atoms with Gasteiger partial charge in [0, 0.05) is 6.54 Å². The lowest BCUT2D eigenvalue weighted by Gasteiger charge is -2.36. The van der Waals surface area contributed by atoms with Crippen molar-refractivity contribution in [3.05, 3.63) is 29.8 Å². The van der Waals surface area contributed by atoms with Gasteiger partial charge < -0.3 is 15.3 Å². The largest absolute Gasteiger partial charge is 0.508 e. The first-order valence-corrected chi connectivity index (χ1v) is 5.88. The van der Waals surface area contributed by atoms with Crippen molar-refractivity contribution in [3.63, 3.8) is 0 Å². The van der Waals surface area contributed by atoms with Gasteiger partial charge in [-0.3, -0.25) is 9.59 Å². The lowest BCUT2D eigenvalue weighted by atomic mass is 10.1. The minimum atomic E-state index is -0.481. The van der Waals surface area contributed by atoms with Gasteiger partial charge in [0.1, 0.15) is 17.8 Å². The van der Waals surface area contributed by atoms with E-state index >= 15 is 0 Å². The molecule has 5 nitrogen and oxygen atoms in total. The summed E-state index contributed by atoms with van der Waals surface area (Å²) in [6, 6.07) is 5.67. The molecule has 1 aromatic rings. The van der Waals surface area contributed by atoms with Crippen molar-refractivity contribution in [1.82, 2.24) is 10.2 Å². The Labute approximate surface area is 105 Å². The Morgan fingerprint density at radius 2 is 1.83 bits per heavy atom. The molecule has 1 aliphatic heterocycles. The number of rotatable bonds is 2. The number of carbonyl (C=O) groups excluding carboxylic acids is 2. The summed E-state index contributed by atoms with van der Waals surface area (Å²) in [6.45, 7) is 3.76. The molecule has 2 amide bonds. The Balaban J connectivity index is 2.17. The molecular formula is C13H16N2O3. The van der Waals surface area contributed by atoms with Crippen molar-refractivity contribution in [2.24, 2.45) is 0 Å². The molecule has 5 heteroatoms. The normalized spacial score (nSPS) is 24.0. The molecule has 2 rings (SSSR count). The van der Waals surface area contributed by atoms with Crippen molar-refractivity contribution in [3.8, 4) is 5.75 Å². The van der Waals surface area contributed by atoms with E-state index in [2.05, 4.69) is 5.32 Å². The minimum Gasteiger partial charge on any atom is -0.508 e. The minimum absolute atomic E-state index is 0.0878. The molecule has 0 saturated carbocycles. The third-order valence-electron chi connectivity index (χ3n) is 3.15. The third kappa shape index (κ3) is 2.30. The summed E-state index contributed by atoms with van der Waals surface area (Å²) < 4.78 is 0. The zero-order valence-electron chi connectivity index (χ0n) is 10.4. The van der Waals surface area contributed by atoms with E-state index in [1.54, 1.807) is 43.0 Å². The number of hydrogen-bond acceptors (Lipinski definition) is 3. The molecule has 0 radical (unpaired) electrons. The van der Waals surface area contributed by atoms with Crippen LogP contribution < -0.4 is 5.32 Å². The Morgan fingerprint density at radius 3 is 2.44 bits per heavy atom. The predicted octanol–water partition coefficient (Wildman–Crippen LogP) is 0.628. The monoisotopic (exact) mass is 248 g/mol. The zero-order chi connectivity index (χ0) is 13.3. The van der Waals surface area contributed by atoms with Gasteiger partial charge in [0.05, 0.1) is 0 Å². The van der Waals surface area contributed by atoms with E-state index in [4.69, 9.17) is 0 Å². The Morgan fingerprint density at radius 1 is 1.22 bits per heavy atom. The number of phenolic OH excluding ortho intramolecular Hbond substituents is 1. The summed E-state index contributed by atoms with van der Waals surface area (Å²) in [5, 5.41) is 11.8. The Hall–Kier alpha value is -2.04. The first kappa shape index (κ1) is 12.4. The van der Waals surface area contributed by atoms with Crippen molar-refractivity contribution >= 4 is 11.8 Å². The first-order valence-electron chi connectivity index (χ1n) is 5.88. The molecule has 0 aliphatic carbocycles. The van der Waals surface area contributed by atoms with Crippen LogP contribution in [0.15, 0.2) is 24.3 Å². The summed E-state index contributed by atoms with van der Waals surface area (Å²) in [7, 11) is 0. The van der Waals surface area contributed by atoms with E-state index in [1.807, 2.05) is 0 Å². The van der Waals surface area contributed by atoms with Crippen LogP contribution in [0.1, 0.15) is 19.4 Å². The van der Waals surface area contributed by atoms with Crippen LogP contribution in [-0.4, -0.2) is 33.9 Å². The summed E-state index contributed by atoms with van der Waals surface area (Å²) in [5.74, 6) is -0.0427. The third-order valence-corrected chi connectivity index (χ3v) is 3.15. The van der Waals surface area contributed by atoms with Crippen LogP contribution in [0.5, 0.6) is 5.75 Å². The molecule has 0 aromatic heterocycles. The molecule has 18 heavy (non-hydrogen) atoms. The number of benzene rings is 1. The van der Waals surface area contributed by atoms with Crippen LogP contribution >= 0.6 is 0 Å². The average molecular weight is 248 g/mol. The highest BCUT2D eigenvalue weighted by Gasteiger charge is 2.35. The Kier molecular flexibility index (Phi) is 3.23. The highest BCUT2D eigenvalue weighted by molar-refractivity contribution is 5.96. The number of nitrogens with zero attached hydrogens (tertiary/aromatic N) is 1. The van der Waals surface area contributed by atoms with Crippen molar-refractivity contribution < 1.29 is 14.7 Å². The number of phenols is 1. The summed E-state index contributed by atoms with van der Waals surface area (Å²) in [5.41, 5.74) is 0.884. The standard InChI is InChI=1S/C13H16N2O3/c1-8-13(18)15(9(2)12(17)14-8)7-10-3-5-11(16)6-4-10/h3-6,8-9,16H,7H2,1-2H3,(H,14,17). The summed E-state index contributed by atoms with van der Waals surface area (Å²) in [4.78, 5) is 25.2. The van der Waals surface area contributed by atoms with E-state index in [1.165, 1.54) is 0 Å². The van der Waals surface area contributed by atoms with Gasteiger partial charge >= 0.3 is 0 Å². The molecule has 0 bridgehead atoms. The summed E-state index contributed by atoms with van der Waals surface area (Å²) >= 11 is 0. The highest BCUT2D eigenvalue weighted by Crippen LogP contribution is 2.16. The fourth-order valence-electron chi connectivity index (χ4n) is 1.99.